The molecule has 0 spiro atoms. The van der Waals surface area contributed by atoms with E-state index < -0.39 is 37.0 Å². The fraction of sp³-hybridized carbons (Fsp3) is 0.286. The summed E-state index contributed by atoms with van der Waals surface area (Å²) in [5.74, 6) is -0.529. The highest BCUT2D eigenvalue weighted by molar-refractivity contribution is 8.13. The smallest absolute Gasteiger partial charge is 0.280 e. The van der Waals surface area contributed by atoms with E-state index in [-0.39, 0.29) is 0 Å². The van der Waals surface area contributed by atoms with Crippen molar-refractivity contribution in [1.82, 2.24) is 4.98 Å². The van der Waals surface area contributed by atoms with Crippen LogP contribution in [-0.2, 0) is 9.05 Å². The van der Waals surface area contributed by atoms with E-state index in [0.717, 1.165) is 13.2 Å². The summed E-state index contributed by atoms with van der Waals surface area (Å²) in [6.45, 7) is 0. The van der Waals surface area contributed by atoms with E-state index in [9.17, 15) is 17.2 Å². The van der Waals surface area contributed by atoms with Gasteiger partial charge in [0.2, 0.25) is 5.88 Å². The van der Waals surface area contributed by atoms with Crippen molar-refractivity contribution in [2.45, 2.75) is 11.5 Å². The Labute approximate surface area is 99.6 Å². The van der Waals surface area contributed by atoms with E-state index in [1.54, 1.807) is 0 Å². The van der Waals surface area contributed by atoms with Crippen LogP contribution in [0.3, 0.4) is 0 Å². The van der Waals surface area contributed by atoms with Gasteiger partial charge in [0, 0.05) is 10.7 Å². The summed E-state index contributed by atoms with van der Waals surface area (Å²) in [6, 6.07) is 0.757. The summed E-state index contributed by atoms with van der Waals surface area (Å²) in [4.78, 5) is 3.33. The molecule has 0 aliphatic heterocycles. The third-order valence-electron chi connectivity index (χ3n) is 1.60. The maximum atomic E-state index is 12.5. The van der Waals surface area contributed by atoms with Crippen molar-refractivity contribution in [3.63, 3.8) is 0 Å². The van der Waals surface area contributed by atoms with Crippen LogP contribution in [0, 0.1) is 0 Å². The van der Waals surface area contributed by atoms with Crippen molar-refractivity contribution in [3.05, 3.63) is 16.7 Å². The molecule has 0 aliphatic carbocycles. The lowest BCUT2D eigenvalue weighted by molar-refractivity contribution is 0.145. The van der Waals surface area contributed by atoms with Crippen molar-refractivity contribution >= 4 is 31.3 Å². The number of ether oxygens (including phenoxy) is 1. The van der Waals surface area contributed by atoms with Crippen molar-refractivity contribution in [2.75, 3.05) is 7.11 Å². The Balaban J connectivity index is 3.50. The molecule has 0 saturated carbocycles. The maximum absolute atomic E-state index is 12.5. The Kier molecular flexibility index (Phi) is 3.92. The highest BCUT2D eigenvalue weighted by Gasteiger charge is 2.24. The van der Waals surface area contributed by atoms with Gasteiger partial charge in [0.15, 0.2) is 5.03 Å². The van der Waals surface area contributed by atoms with Gasteiger partial charge < -0.3 is 4.74 Å². The number of rotatable bonds is 3. The molecule has 1 rings (SSSR count). The molecule has 0 unspecified atom stereocenters. The first-order valence-corrected chi connectivity index (χ1v) is 6.43. The summed E-state index contributed by atoms with van der Waals surface area (Å²) in [6.07, 6.45) is -2.88. The lowest BCUT2D eigenvalue weighted by Crippen LogP contribution is -2.02. The number of pyridine rings is 1. The molecule has 1 heterocycles. The molecule has 9 heteroatoms. The van der Waals surface area contributed by atoms with Crippen molar-refractivity contribution in [1.29, 1.82) is 0 Å². The van der Waals surface area contributed by atoms with Crippen LogP contribution in [-0.4, -0.2) is 20.5 Å². The summed E-state index contributed by atoms with van der Waals surface area (Å²) >= 11 is 5.47. The Hall–Kier alpha value is -0.660. The summed E-state index contributed by atoms with van der Waals surface area (Å²) in [5.41, 5.74) is -0.600. The molecule has 0 atom stereocenters. The molecule has 0 amide bonds. The Morgan fingerprint density at radius 3 is 2.44 bits per heavy atom. The largest absolute Gasteiger partial charge is 0.481 e. The van der Waals surface area contributed by atoms with Gasteiger partial charge in [-0.3, -0.25) is 0 Å². The zero-order valence-corrected chi connectivity index (χ0v) is 10.1. The van der Waals surface area contributed by atoms with E-state index in [2.05, 4.69) is 9.72 Å². The second kappa shape index (κ2) is 4.68. The first-order chi connectivity index (χ1) is 7.27. The predicted octanol–water partition coefficient (Wildman–Crippen LogP) is 2.61. The summed E-state index contributed by atoms with van der Waals surface area (Å²) in [5, 5.41) is -1.19. The first kappa shape index (κ1) is 13.4. The fourth-order valence-corrected chi connectivity index (χ4v) is 2.38. The van der Waals surface area contributed by atoms with E-state index in [0.29, 0.717) is 0 Å². The van der Waals surface area contributed by atoms with Crippen LogP contribution in [0.2, 0.25) is 5.02 Å². The van der Waals surface area contributed by atoms with Crippen LogP contribution < -0.4 is 4.74 Å². The number of alkyl halides is 2. The number of nitrogens with zero attached hydrogens (tertiary/aromatic N) is 1. The molecule has 4 nitrogen and oxygen atoms in total. The SMILES string of the molecule is COc1nc(S(=O)(=O)Cl)c(Cl)cc1C(F)F. The molecule has 1 aromatic rings. The molecule has 0 N–H and O–H groups in total. The molecule has 16 heavy (non-hydrogen) atoms. The predicted molar refractivity (Wildman–Crippen MR) is 53.8 cm³/mol. The van der Waals surface area contributed by atoms with E-state index >= 15 is 0 Å². The molecule has 0 aromatic carbocycles. The van der Waals surface area contributed by atoms with Crippen LogP contribution in [0.1, 0.15) is 12.0 Å². The van der Waals surface area contributed by atoms with Gasteiger partial charge in [-0.2, -0.15) is 4.98 Å². The first-order valence-electron chi connectivity index (χ1n) is 3.74. The van der Waals surface area contributed by atoms with Crippen molar-refractivity contribution in [3.8, 4) is 5.88 Å². The zero-order valence-electron chi connectivity index (χ0n) is 7.75. The third-order valence-corrected chi connectivity index (χ3v) is 3.21. The minimum Gasteiger partial charge on any atom is -0.481 e. The molecule has 0 aliphatic rings. The number of hydrogen-bond acceptors (Lipinski definition) is 4. The van der Waals surface area contributed by atoms with Gasteiger partial charge in [0.25, 0.3) is 15.5 Å². The molecule has 0 fully saturated rings. The highest BCUT2D eigenvalue weighted by Crippen LogP contribution is 2.33. The Morgan fingerprint density at radius 1 is 1.50 bits per heavy atom. The quantitative estimate of drug-likeness (QED) is 0.803. The topological polar surface area (TPSA) is 56.3 Å². The van der Waals surface area contributed by atoms with Gasteiger partial charge in [-0.25, -0.2) is 17.2 Å². The van der Waals surface area contributed by atoms with Crippen LogP contribution in [0.25, 0.3) is 0 Å². The molecule has 0 radical (unpaired) electrons. The van der Waals surface area contributed by atoms with Gasteiger partial charge in [-0.05, 0) is 6.07 Å². The molecular weight excluding hydrogens is 287 g/mol. The fourth-order valence-electron chi connectivity index (χ4n) is 0.961. The number of hydrogen-bond donors (Lipinski definition) is 0. The Morgan fingerprint density at radius 2 is 2.06 bits per heavy atom. The van der Waals surface area contributed by atoms with Crippen molar-refractivity contribution < 1.29 is 21.9 Å². The van der Waals surface area contributed by atoms with Gasteiger partial charge in [0.1, 0.15) is 0 Å². The van der Waals surface area contributed by atoms with Crippen LogP contribution in [0.5, 0.6) is 5.88 Å². The molecule has 0 bridgehead atoms. The standard InChI is InChI=1S/C7H5Cl2F2NO3S/c1-15-6-3(5(10)11)2-4(8)7(12-6)16(9,13)14/h2,5H,1H3. The monoisotopic (exact) mass is 291 g/mol. The molecular formula is C7H5Cl2F2NO3S. The van der Waals surface area contributed by atoms with Crippen molar-refractivity contribution in [2.24, 2.45) is 0 Å². The Bertz CT molecular complexity index is 507. The summed E-state index contributed by atoms with van der Waals surface area (Å²) < 4.78 is 51.4. The van der Waals surface area contributed by atoms with Gasteiger partial charge in [0.05, 0.1) is 17.7 Å². The lowest BCUT2D eigenvalue weighted by Gasteiger charge is -2.08. The van der Waals surface area contributed by atoms with E-state index in [1.165, 1.54) is 0 Å². The van der Waals surface area contributed by atoms with Crippen LogP contribution >= 0.6 is 22.3 Å². The molecule has 90 valence electrons. The number of halogens is 4. The second-order valence-corrected chi connectivity index (χ2v) is 5.50. The number of methoxy groups -OCH3 is 1. The normalized spacial score (nSPS) is 11.9. The highest BCUT2D eigenvalue weighted by atomic mass is 35.7. The second-order valence-electron chi connectivity index (χ2n) is 2.61. The van der Waals surface area contributed by atoms with Crippen LogP contribution in [0.15, 0.2) is 11.1 Å². The molecule has 1 aromatic heterocycles. The molecule has 0 saturated heterocycles. The van der Waals surface area contributed by atoms with Gasteiger partial charge in [-0.15, -0.1) is 0 Å². The van der Waals surface area contributed by atoms with E-state index in [1.807, 2.05) is 0 Å². The van der Waals surface area contributed by atoms with Crippen LogP contribution in [0.4, 0.5) is 8.78 Å². The maximum Gasteiger partial charge on any atom is 0.280 e. The average molecular weight is 292 g/mol. The summed E-state index contributed by atoms with van der Waals surface area (Å²) in [7, 11) is 1.88. The minimum atomic E-state index is -4.20. The van der Waals surface area contributed by atoms with Gasteiger partial charge >= 0.3 is 0 Å². The van der Waals surface area contributed by atoms with E-state index in [4.69, 9.17) is 22.3 Å². The van der Waals surface area contributed by atoms with Gasteiger partial charge in [-0.1, -0.05) is 11.6 Å². The minimum absolute atomic E-state index is 0.480. The lowest BCUT2D eigenvalue weighted by atomic mass is 10.3. The average Bonchev–Trinajstić information content (AvgIpc) is 2.15. The zero-order chi connectivity index (χ0) is 12.5. The third kappa shape index (κ3) is 2.72. The number of aromatic nitrogens is 1.